The highest BCUT2D eigenvalue weighted by atomic mass is 19.1. The zero-order valence-corrected chi connectivity index (χ0v) is 10.1. The molecule has 96 valence electrons. The number of fused-ring (bicyclic) bond motifs is 2. The summed E-state index contributed by atoms with van der Waals surface area (Å²) < 4.78 is 13.1. The van der Waals surface area contributed by atoms with Crippen molar-refractivity contribution in [1.82, 2.24) is 15.2 Å². The SMILES string of the molecule is O=C(c1cncc(F)c1)N1CCC2CCC(C1)N2. The standard InChI is InChI=1S/C13H16FN3O/c14-10-5-9(6-15-7-10)13(18)17-4-3-11-1-2-12(8-17)16-11/h5-7,11-12,16H,1-4,8H2. The zero-order chi connectivity index (χ0) is 12.5. The molecule has 18 heavy (non-hydrogen) atoms. The van der Waals surface area contributed by atoms with Crippen molar-refractivity contribution >= 4 is 5.91 Å². The van der Waals surface area contributed by atoms with E-state index >= 15 is 0 Å². The van der Waals surface area contributed by atoms with Crippen LogP contribution in [0.15, 0.2) is 18.5 Å². The summed E-state index contributed by atoms with van der Waals surface area (Å²) in [5, 5.41) is 3.52. The van der Waals surface area contributed by atoms with Gasteiger partial charge in [0.1, 0.15) is 5.82 Å². The van der Waals surface area contributed by atoms with Crippen molar-refractivity contribution in [2.24, 2.45) is 0 Å². The molecule has 2 fully saturated rings. The number of carbonyl (C=O) groups is 1. The Morgan fingerprint density at radius 2 is 2.17 bits per heavy atom. The van der Waals surface area contributed by atoms with Crippen molar-refractivity contribution in [2.75, 3.05) is 13.1 Å². The normalized spacial score (nSPS) is 27.1. The third-order valence-electron chi connectivity index (χ3n) is 3.76. The van der Waals surface area contributed by atoms with Crippen molar-refractivity contribution in [3.8, 4) is 0 Å². The number of rotatable bonds is 1. The van der Waals surface area contributed by atoms with Crippen LogP contribution in [-0.2, 0) is 0 Å². The van der Waals surface area contributed by atoms with Gasteiger partial charge in [-0.1, -0.05) is 0 Å². The third-order valence-corrected chi connectivity index (χ3v) is 3.76. The van der Waals surface area contributed by atoms with E-state index in [2.05, 4.69) is 10.3 Å². The second-order valence-electron chi connectivity index (χ2n) is 5.07. The van der Waals surface area contributed by atoms with Gasteiger partial charge in [0.2, 0.25) is 0 Å². The average molecular weight is 249 g/mol. The van der Waals surface area contributed by atoms with Gasteiger partial charge >= 0.3 is 0 Å². The molecular weight excluding hydrogens is 233 g/mol. The van der Waals surface area contributed by atoms with Gasteiger partial charge in [-0.25, -0.2) is 4.39 Å². The van der Waals surface area contributed by atoms with E-state index in [0.29, 0.717) is 24.2 Å². The Bertz CT molecular complexity index is 465. The lowest BCUT2D eigenvalue weighted by Crippen LogP contribution is -2.39. The molecule has 2 aliphatic rings. The number of carbonyl (C=O) groups excluding carboxylic acids is 1. The molecule has 3 rings (SSSR count). The Morgan fingerprint density at radius 3 is 3.00 bits per heavy atom. The Balaban J connectivity index is 1.76. The Kier molecular flexibility index (Phi) is 2.99. The first kappa shape index (κ1) is 11.6. The number of hydrogen-bond acceptors (Lipinski definition) is 3. The lowest BCUT2D eigenvalue weighted by atomic mass is 10.1. The molecule has 0 radical (unpaired) electrons. The molecule has 2 unspecified atom stereocenters. The first-order chi connectivity index (χ1) is 8.72. The van der Waals surface area contributed by atoms with E-state index in [1.165, 1.54) is 18.7 Å². The van der Waals surface area contributed by atoms with Crippen LogP contribution in [-0.4, -0.2) is 41.0 Å². The van der Waals surface area contributed by atoms with Crippen LogP contribution < -0.4 is 5.32 Å². The van der Waals surface area contributed by atoms with Crippen LogP contribution in [0.2, 0.25) is 0 Å². The fraction of sp³-hybridized carbons (Fsp3) is 0.538. The summed E-state index contributed by atoms with van der Waals surface area (Å²) in [5.41, 5.74) is 0.341. The first-order valence-electron chi connectivity index (χ1n) is 6.38. The van der Waals surface area contributed by atoms with Crippen LogP contribution in [0, 0.1) is 5.82 Å². The number of amides is 1. The zero-order valence-electron chi connectivity index (χ0n) is 10.1. The number of pyridine rings is 1. The van der Waals surface area contributed by atoms with Crippen molar-refractivity contribution in [3.05, 3.63) is 29.8 Å². The maximum Gasteiger partial charge on any atom is 0.255 e. The predicted octanol–water partition coefficient (Wildman–Crippen LogP) is 1.19. The van der Waals surface area contributed by atoms with Crippen molar-refractivity contribution in [1.29, 1.82) is 0 Å². The van der Waals surface area contributed by atoms with E-state index in [0.717, 1.165) is 25.6 Å². The minimum Gasteiger partial charge on any atom is -0.337 e. The number of likely N-dealkylation sites (tertiary alicyclic amines) is 1. The molecule has 1 aromatic heterocycles. The molecule has 0 spiro atoms. The van der Waals surface area contributed by atoms with E-state index in [-0.39, 0.29) is 5.91 Å². The second kappa shape index (κ2) is 4.65. The van der Waals surface area contributed by atoms with E-state index in [1.54, 1.807) is 0 Å². The fourth-order valence-electron chi connectivity index (χ4n) is 2.84. The van der Waals surface area contributed by atoms with Crippen LogP contribution in [0.5, 0.6) is 0 Å². The summed E-state index contributed by atoms with van der Waals surface area (Å²) >= 11 is 0. The minimum atomic E-state index is -0.463. The Labute approximate surface area is 105 Å². The molecule has 3 heterocycles. The molecule has 1 N–H and O–H groups in total. The average Bonchev–Trinajstić information content (AvgIpc) is 2.68. The topological polar surface area (TPSA) is 45.2 Å². The molecule has 5 heteroatoms. The van der Waals surface area contributed by atoms with Gasteiger partial charge in [0, 0.05) is 31.4 Å². The van der Waals surface area contributed by atoms with E-state index in [9.17, 15) is 9.18 Å². The van der Waals surface area contributed by atoms with Crippen LogP contribution >= 0.6 is 0 Å². The highest BCUT2D eigenvalue weighted by molar-refractivity contribution is 5.94. The van der Waals surface area contributed by atoms with Gasteiger partial charge < -0.3 is 10.2 Å². The molecular formula is C13H16FN3O. The fourth-order valence-corrected chi connectivity index (χ4v) is 2.84. The highest BCUT2D eigenvalue weighted by Crippen LogP contribution is 2.21. The van der Waals surface area contributed by atoms with Gasteiger partial charge in [-0.05, 0) is 25.3 Å². The summed E-state index contributed by atoms with van der Waals surface area (Å²) in [6.07, 6.45) is 5.85. The molecule has 1 aromatic rings. The van der Waals surface area contributed by atoms with Gasteiger partial charge in [0.05, 0.1) is 11.8 Å². The smallest absolute Gasteiger partial charge is 0.255 e. The molecule has 0 aromatic carbocycles. The van der Waals surface area contributed by atoms with Crippen molar-refractivity contribution in [3.63, 3.8) is 0 Å². The molecule has 2 atom stereocenters. The van der Waals surface area contributed by atoms with Crippen LogP contribution in [0.4, 0.5) is 4.39 Å². The number of hydrogen-bond donors (Lipinski definition) is 1. The third kappa shape index (κ3) is 2.22. The first-order valence-corrected chi connectivity index (χ1v) is 6.38. The number of halogens is 1. The van der Waals surface area contributed by atoms with Crippen molar-refractivity contribution < 1.29 is 9.18 Å². The van der Waals surface area contributed by atoms with Gasteiger partial charge in [-0.15, -0.1) is 0 Å². The molecule has 1 amide bonds. The van der Waals surface area contributed by atoms with Crippen LogP contribution in [0.3, 0.4) is 0 Å². The molecule has 2 bridgehead atoms. The maximum absolute atomic E-state index is 13.1. The number of nitrogens with zero attached hydrogens (tertiary/aromatic N) is 2. The van der Waals surface area contributed by atoms with Gasteiger partial charge in [-0.2, -0.15) is 0 Å². The quantitative estimate of drug-likeness (QED) is 0.813. The summed E-state index contributed by atoms with van der Waals surface area (Å²) in [7, 11) is 0. The van der Waals surface area contributed by atoms with Gasteiger partial charge in [-0.3, -0.25) is 9.78 Å². The molecule has 2 saturated heterocycles. The monoisotopic (exact) mass is 249 g/mol. The lowest BCUT2D eigenvalue weighted by molar-refractivity contribution is 0.0747. The number of aromatic nitrogens is 1. The maximum atomic E-state index is 13.1. The van der Waals surface area contributed by atoms with Crippen LogP contribution in [0.1, 0.15) is 29.6 Å². The van der Waals surface area contributed by atoms with Gasteiger partial charge in [0.15, 0.2) is 0 Å². The number of nitrogens with one attached hydrogen (secondary N) is 1. The molecule has 0 saturated carbocycles. The summed E-state index contributed by atoms with van der Waals surface area (Å²) in [6.45, 7) is 1.45. The summed E-state index contributed by atoms with van der Waals surface area (Å²) in [5.74, 6) is -0.577. The van der Waals surface area contributed by atoms with E-state index in [1.807, 2.05) is 4.90 Å². The second-order valence-corrected chi connectivity index (χ2v) is 5.07. The van der Waals surface area contributed by atoms with E-state index in [4.69, 9.17) is 0 Å². The summed E-state index contributed by atoms with van der Waals surface area (Å²) in [4.78, 5) is 17.8. The molecule has 4 nitrogen and oxygen atoms in total. The highest BCUT2D eigenvalue weighted by Gasteiger charge is 2.31. The lowest BCUT2D eigenvalue weighted by Gasteiger charge is -2.24. The largest absolute Gasteiger partial charge is 0.337 e. The van der Waals surface area contributed by atoms with Crippen LogP contribution in [0.25, 0.3) is 0 Å². The van der Waals surface area contributed by atoms with E-state index < -0.39 is 5.82 Å². The predicted molar refractivity (Wildman–Crippen MR) is 64.7 cm³/mol. The minimum absolute atomic E-state index is 0.114. The van der Waals surface area contributed by atoms with Gasteiger partial charge in [0.25, 0.3) is 5.91 Å². The van der Waals surface area contributed by atoms with Crippen molar-refractivity contribution in [2.45, 2.75) is 31.3 Å². The molecule has 2 aliphatic heterocycles. The molecule has 0 aliphatic carbocycles. The summed E-state index contributed by atoms with van der Waals surface area (Å²) in [6, 6.07) is 2.19. The Morgan fingerprint density at radius 1 is 1.33 bits per heavy atom. The Hall–Kier alpha value is -1.49.